The Kier molecular flexibility index (Phi) is 4.57. The molecule has 4 nitrogen and oxygen atoms in total. The lowest BCUT2D eigenvalue weighted by molar-refractivity contribution is -0.157. The summed E-state index contributed by atoms with van der Waals surface area (Å²) in [5.41, 5.74) is 0.984. The van der Waals surface area contributed by atoms with E-state index in [0.717, 1.165) is 31.2 Å². The van der Waals surface area contributed by atoms with Crippen molar-refractivity contribution in [3.63, 3.8) is 0 Å². The van der Waals surface area contributed by atoms with Gasteiger partial charge in [0.05, 0.1) is 12.6 Å². The van der Waals surface area contributed by atoms with Crippen LogP contribution < -0.4 is 5.32 Å². The number of fused-ring (bicyclic) bond motifs is 1. The Morgan fingerprint density at radius 1 is 1.23 bits per heavy atom. The van der Waals surface area contributed by atoms with Crippen LogP contribution in [0.1, 0.15) is 44.2 Å². The first kappa shape index (κ1) is 15.2. The molecule has 4 heteroatoms. The van der Waals surface area contributed by atoms with E-state index < -0.39 is 11.9 Å². The van der Waals surface area contributed by atoms with E-state index in [4.69, 9.17) is 4.74 Å². The highest BCUT2D eigenvalue weighted by Crippen LogP contribution is 2.38. The number of hydrogen-bond donors (Lipinski definition) is 1. The van der Waals surface area contributed by atoms with Crippen molar-refractivity contribution in [3.8, 4) is 0 Å². The van der Waals surface area contributed by atoms with Crippen LogP contribution in [0.4, 0.5) is 0 Å². The second kappa shape index (κ2) is 6.61. The van der Waals surface area contributed by atoms with Gasteiger partial charge in [-0.25, -0.2) is 0 Å². The van der Waals surface area contributed by atoms with Crippen LogP contribution >= 0.6 is 0 Å². The van der Waals surface area contributed by atoms with Gasteiger partial charge in [0.25, 0.3) is 0 Å². The van der Waals surface area contributed by atoms with Crippen molar-refractivity contribution in [1.82, 2.24) is 5.32 Å². The number of esters is 1. The summed E-state index contributed by atoms with van der Waals surface area (Å²) in [7, 11) is 0. The zero-order valence-electron chi connectivity index (χ0n) is 13.0. The second-order valence-corrected chi connectivity index (χ2v) is 6.18. The standard InChI is InChI=1S/C18H23NO3/c1-2-22-18(21)15-16(12-8-4-3-5-9-12)19-14-11-7-6-10-13(14)17(15)20/h3-5,8-9,13-16,19H,2,6-7,10-11H2,1H3. The van der Waals surface area contributed by atoms with Crippen LogP contribution in [0.5, 0.6) is 0 Å². The number of carbonyl (C=O) groups excluding carboxylic acids is 2. The summed E-state index contributed by atoms with van der Waals surface area (Å²) in [6, 6.07) is 9.69. The SMILES string of the molecule is CCOC(=O)C1C(=O)C2CCCCC2NC1c1ccccc1. The molecule has 1 aliphatic carbocycles. The number of piperidine rings is 1. The number of nitrogens with one attached hydrogen (secondary N) is 1. The lowest BCUT2D eigenvalue weighted by Crippen LogP contribution is -2.56. The first-order valence-electron chi connectivity index (χ1n) is 8.23. The van der Waals surface area contributed by atoms with Gasteiger partial charge in [-0.2, -0.15) is 0 Å². The predicted molar refractivity (Wildman–Crippen MR) is 83.2 cm³/mol. The summed E-state index contributed by atoms with van der Waals surface area (Å²) in [4.78, 5) is 25.3. The minimum atomic E-state index is -0.721. The van der Waals surface area contributed by atoms with Gasteiger partial charge in [0.15, 0.2) is 5.78 Å². The van der Waals surface area contributed by atoms with Crippen molar-refractivity contribution in [1.29, 1.82) is 0 Å². The molecule has 1 N–H and O–H groups in total. The average Bonchev–Trinajstić information content (AvgIpc) is 2.55. The van der Waals surface area contributed by atoms with Crippen molar-refractivity contribution in [2.75, 3.05) is 6.61 Å². The Hall–Kier alpha value is -1.68. The molecular formula is C18H23NO3. The van der Waals surface area contributed by atoms with Gasteiger partial charge in [0, 0.05) is 12.0 Å². The van der Waals surface area contributed by atoms with E-state index in [9.17, 15) is 9.59 Å². The molecule has 2 fully saturated rings. The van der Waals surface area contributed by atoms with E-state index in [0.29, 0.717) is 6.61 Å². The Bertz CT molecular complexity index is 543. The van der Waals surface area contributed by atoms with E-state index >= 15 is 0 Å². The summed E-state index contributed by atoms with van der Waals surface area (Å²) in [5, 5.41) is 3.57. The molecule has 4 unspecified atom stereocenters. The third kappa shape index (κ3) is 2.80. The average molecular weight is 301 g/mol. The molecule has 1 aliphatic heterocycles. The minimum absolute atomic E-state index is 0.0388. The molecule has 3 rings (SSSR count). The van der Waals surface area contributed by atoms with Gasteiger partial charge in [-0.05, 0) is 25.3 Å². The maximum atomic E-state index is 12.9. The Morgan fingerprint density at radius 2 is 1.95 bits per heavy atom. The molecule has 4 atom stereocenters. The molecule has 0 amide bonds. The molecule has 1 aromatic carbocycles. The normalized spacial score (nSPS) is 31.4. The first-order chi connectivity index (χ1) is 10.7. The smallest absolute Gasteiger partial charge is 0.318 e. The summed E-state index contributed by atoms with van der Waals surface area (Å²) in [5.74, 6) is -1.08. The Labute approximate surface area is 131 Å². The number of rotatable bonds is 3. The molecule has 0 spiro atoms. The lowest BCUT2D eigenvalue weighted by atomic mass is 9.71. The van der Waals surface area contributed by atoms with Crippen LogP contribution in [0.15, 0.2) is 30.3 Å². The van der Waals surface area contributed by atoms with Crippen molar-refractivity contribution in [3.05, 3.63) is 35.9 Å². The monoisotopic (exact) mass is 301 g/mol. The summed E-state index contributed by atoms with van der Waals surface area (Å²) in [6.07, 6.45) is 4.11. The van der Waals surface area contributed by atoms with Crippen molar-refractivity contribution < 1.29 is 14.3 Å². The highest BCUT2D eigenvalue weighted by Gasteiger charge is 2.48. The maximum absolute atomic E-state index is 12.9. The van der Waals surface area contributed by atoms with E-state index in [2.05, 4.69) is 5.32 Å². The first-order valence-corrected chi connectivity index (χ1v) is 8.23. The fourth-order valence-corrected chi connectivity index (χ4v) is 3.83. The van der Waals surface area contributed by atoms with Crippen molar-refractivity contribution in [2.24, 2.45) is 11.8 Å². The van der Waals surface area contributed by atoms with Crippen LogP contribution in [0.3, 0.4) is 0 Å². The number of ether oxygens (including phenoxy) is 1. The van der Waals surface area contributed by atoms with E-state index in [-0.39, 0.29) is 23.8 Å². The largest absolute Gasteiger partial charge is 0.465 e. The zero-order valence-corrected chi connectivity index (χ0v) is 13.0. The van der Waals surface area contributed by atoms with Crippen molar-refractivity contribution in [2.45, 2.75) is 44.7 Å². The molecule has 0 bridgehead atoms. The van der Waals surface area contributed by atoms with E-state index in [1.807, 2.05) is 30.3 Å². The van der Waals surface area contributed by atoms with Crippen molar-refractivity contribution >= 4 is 11.8 Å². The minimum Gasteiger partial charge on any atom is -0.465 e. The summed E-state index contributed by atoms with van der Waals surface area (Å²) >= 11 is 0. The van der Waals surface area contributed by atoms with Gasteiger partial charge in [0.1, 0.15) is 5.92 Å². The summed E-state index contributed by atoms with van der Waals surface area (Å²) < 4.78 is 5.18. The number of ketones is 1. The molecule has 1 aromatic rings. The number of Topliss-reactive ketones (excluding diaryl/α,β-unsaturated/α-hetero) is 1. The molecule has 1 heterocycles. The van der Waals surface area contributed by atoms with Gasteiger partial charge in [-0.3, -0.25) is 9.59 Å². The molecule has 22 heavy (non-hydrogen) atoms. The van der Waals surface area contributed by atoms with Gasteiger partial charge in [0.2, 0.25) is 0 Å². The number of hydrogen-bond acceptors (Lipinski definition) is 4. The zero-order chi connectivity index (χ0) is 15.5. The van der Waals surface area contributed by atoms with Crippen LogP contribution in [0.25, 0.3) is 0 Å². The second-order valence-electron chi connectivity index (χ2n) is 6.18. The molecule has 118 valence electrons. The van der Waals surface area contributed by atoms with Gasteiger partial charge in [-0.1, -0.05) is 43.2 Å². The molecule has 0 radical (unpaired) electrons. The topological polar surface area (TPSA) is 55.4 Å². The van der Waals surface area contributed by atoms with Crippen LogP contribution in [-0.4, -0.2) is 24.4 Å². The van der Waals surface area contributed by atoms with Gasteiger partial charge in [-0.15, -0.1) is 0 Å². The molecule has 0 aromatic heterocycles. The Morgan fingerprint density at radius 3 is 2.68 bits per heavy atom. The highest BCUT2D eigenvalue weighted by atomic mass is 16.5. The highest BCUT2D eigenvalue weighted by molar-refractivity contribution is 6.02. The lowest BCUT2D eigenvalue weighted by Gasteiger charge is -2.42. The molecule has 2 aliphatic rings. The fraction of sp³-hybridized carbons (Fsp3) is 0.556. The number of carbonyl (C=O) groups is 2. The third-order valence-electron chi connectivity index (χ3n) is 4.86. The van der Waals surface area contributed by atoms with Crippen LogP contribution in [0, 0.1) is 11.8 Å². The van der Waals surface area contributed by atoms with E-state index in [1.165, 1.54) is 0 Å². The quantitative estimate of drug-likeness (QED) is 0.689. The van der Waals surface area contributed by atoms with Gasteiger partial charge < -0.3 is 10.1 Å². The predicted octanol–water partition coefficient (Wildman–Crippen LogP) is 2.64. The maximum Gasteiger partial charge on any atom is 0.318 e. The fourth-order valence-electron chi connectivity index (χ4n) is 3.83. The van der Waals surface area contributed by atoms with E-state index in [1.54, 1.807) is 6.92 Å². The molecule has 1 saturated carbocycles. The van der Waals surface area contributed by atoms with Crippen LogP contribution in [0.2, 0.25) is 0 Å². The Balaban J connectivity index is 1.93. The van der Waals surface area contributed by atoms with Crippen LogP contribution in [-0.2, 0) is 14.3 Å². The van der Waals surface area contributed by atoms with Gasteiger partial charge >= 0.3 is 5.97 Å². The molecular weight excluding hydrogens is 278 g/mol. The molecule has 1 saturated heterocycles. The summed E-state index contributed by atoms with van der Waals surface area (Å²) in [6.45, 7) is 2.08. The third-order valence-corrected chi connectivity index (χ3v) is 4.86. The number of benzene rings is 1.